The highest BCUT2D eigenvalue weighted by molar-refractivity contribution is 5.96. The number of rotatable bonds is 14. The van der Waals surface area contributed by atoms with Crippen LogP contribution in [0.3, 0.4) is 0 Å². The molecule has 1 aliphatic rings. The Hall–Kier alpha value is -5.06. The van der Waals surface area contributed by atoms with Crippen molar-refractivity contribution < 1.29 is 57.2 Å². The number of amides is 2. The molecule has 0 bridgehead atoms. The summed E-state index contributed by atoms with van der Waals surface area (Å²) < 4.78 is 34.8. The van der Waals surface area contributed by atoms with Crippen LogP contribution in [0.4, 0.5) is 5.69 Å². The molecule has 1 aliphatic heterocycles. The molecule has 268 valence electrons. The van der Waals surface area contributed by atoms with Crippen LogP contribution in [0.1, 0.15) is 64.4 Å². The number of aromatic nitrogens is 3. The summed E-state index contributed by atoms with van der Waals surface area (Å²) in [6.45, 7) is 11.5. The SMILES string of the molecule is CC(=O)OC[C@H]1OC(OC(C)=O)[C@H](n2cc(COc3c(C)cc(NC(=O)[C@H](C(C)C)N(C)C=O)cc3C)nn2)[C@@H](OC(C)=O)[C@@H]1OC(C)=O. The van der Waals surface area contributed by atoms with Crippen LogP contribution in [0.5, 0.6) is 5.75 Å². The summed E-state index contributed by atoms with van der Waals surface area (Å²) in [5, 5.41) is 11.2. The van der Waals surface area contributed by atoms with Crippen molar-refractivity contribution in [1.82, 2.24) is 19.9 Å². The number of hydrogen-bond acceptors (Lipinski definition) is 14. The maximum absolute atomic E-state index is 13.0. The van der Waals surface area contributed by atoms with Gasteiger partial charge in [-0.2, -0.15) is 0 Å². The van der Waals surface area contributed by atoms with Crippen molar-refractivity contribution in [2.75, 3.05) is 19.0 Å². The summed E-state index contributed by atoms with van der Waals surface area (Å²) in [6.07, 6.45) is -3.14. The third-order valence-electron chi connectivity index (χ3n) is 7.41. The Morgan fingerprint density at radius 2 is 1.55 bits per heavy atom. The van der Waals surface area contributed by atoms with E-state index in [0.29, 0.717) is 34.7 Å². The van der Waals surface area contributed by atoms with Crippen molar-refractivity contribution in [3.05, 3.63) is 35.2 Å². The Morgan fingerprint density at radius 1 is 0.959 bits per heavy atom. The number of nitrogens with one attached hydrogen (secondary N) is 1. The van der Waals surface area contributed by atoms with Crippen molar-refractivity contribution in [3.8, 4) is 5.75 Å². The van der Waals surface area contributed by atoms with Crippen LogP contribution in [-0.2, 0) is 59.1 Å². The van der Waals surface area contributed by atoms with Gasteiger partial charge in [-0.15, -0.1) is 5.10 Å². The number of benzene rings is 1. The molecule has 2 heterocycles. The molecule has 1 unspecified atom stereocenters. The van der Waals surface area contributed by atoms with Crippen molar-refractivity contribution in [1.29, 1.82) is 0 Å². The van der Waals surface area contributed by atoms with Gasteiger partial charge in [-0.1, -0.05) is 19.1 Å². The van der Waals surface area contributed by atoms with Gasteiger partial charge in [-0.05, 0) is 43.0 Å². The van der Waals surface area contributed by atoms with Gasteiger partial charge >= 0.3 is 23.9 Å². The fraction of sp³-hybridized carbons (Fsp3) is 0.562. The molecule has 17 nitrogen and oxygen atoms in total. The number of carbonyl (C=O) groups excluding carboxylic acids is 6. The van der Waals surface area contributed by atoms with E-state index in [2.05, 4.69) is 15.6 Å². The summed E-state index contributed by atoms with van der Waals surface area (Å²) in [5.41, 5.74) is 2.27. The van der Waals surface area contributed by atoms with E-state index in [9.17, 15) is 28.8 Å². The summed E-state index contributed by atoms with van der Waals surface area (Å²) in [7, 11) is 1.55. The number of esters is 4. The largest absolute Gasteiger partial charge is 0.487 e. The number of carbonyl (C=O) groups is 6. The zero-order chi connectivity index (χ0) is 36.6. The lowest BCUT2D eigenvalue weighted by atomic mass is 9.96. The number of aryl methyl sites for hydroxylation is 2. The molecule has 2 amide bonds. The Kier molecular flexibility index (Phi) is 13.2. The Balaban J connectivity index is 1.87. The number of hydrogen-bond donors (Lipinski definition) is 1. The summed E-state index contributed by atoms with van der Waals surface area (Å²) >= 11 is 0. The maximum Gasteiger partial charge on any atom is 0.305 e. The molecule has 2 aromatic rings. The van der Waals surface area contributed by atoms with Gasteiger partial charge in [0.2, 0.25) is 18.6 Å². The predicted molar refractivity (Wildman–Crippen MR) is 169 cm³/mol. The molecule has 0 radical (unpaired) electrons. The quantitative estimate of drug-likeness (QED) is 0.171. The van der Waals surface area contributed by atoms with Gasteiger partial charge in [-0.3, -0.25) is 28.8 Å². The van der Waals surface area contributed by atoms with E-state index >= 15 is 0 Å². The van der Waals surface area contributed by atoms with Crippen LogP contribution < -0.4 is 10.1 Å². The summed E-state index contributed by atoms with van der Waals surface area (Å²) in [4.78, 5) is 73.5. The van der Waals surface area contributed by atoms with Crippen molar-refractivity contribution >= 4 is 41.9 Å². The highest BCUT2D eigenvalue weighted by Crippen LogP contribution is 2.35. The molecule has 0 spiro atoms. The minimum atomic E-state index is -1.43. The lowest BCUT2D eigenvalue weighted by Crippen LogP contribution is -2.60. The van der Waals surface area contributed by atoms with E-state index in [0.717, 1.165) is 20.8 Å². The van der Waals surface area contributed by atoms with Gasteiger partial charge < -0.3 is 38.6 Å². The zero-order valence-corrected chi connectivity index (χ0v) is 29.0. The van der Waals surface area contributed by atoms with Gasteiger partial charge in [0.1, 0.15) is 36.8 Å². The van der Waals surface area contributed by atoms with E-state index in [1.807, 2.05) is 13.8 Å². The molecule has 49 heavy (non-hydrogen) atoms. The Bertz CT molecular complexity index is 1520. The van der Waals surface area contributed by atoms with E-state index in [1.165, 1.54) is 22.7 Å². The molecule has 0 aliphatic carbocycles. The van der Waals surface area contributed by atoms with Crippen LogP contribution in [-0.4, -0.2) is 100 Å². The molecule has 1 N–H and O–H groups in total. The third kappa shape index (κ3) is 10.2. The molecule has 1 fully saturated rings. The van der Waals surface area contributed by atoms with Crippen LogP contribution in [0.25, 0.3) is 0 Å². The van der Waals surface area contributed by atoms with E-state index in [4.69, 9.17) is 28.4 Å². The highest BCUT2D eigenvalue weighted by atomic mass is 16.7. The average Bonchev–Trinajstić information content (AvgIpc) is 3.44. The fourth-order valence-corrected chi connectivity index (χ4v) is 5.59. The Morgan fingerprint density at radius 3 is 2.08 bits per heavy atom. The van der Waals surface area contributed by atoms with E-state index in [-0.39, 0.29) is 18.4 Å². The van der Waals surface area contributed by atoms with Gasteiger partial charge in [0.15, 0.2) is 18.2 Å². The van der Waals surface area contributed by atoms with Gasteiger partial charge in [0.25, 0.3) is 0 Å². The van der Waals surface area contributed by atoms with Crippen molar-refractivity contribution in [2.45, 2.75) is 98.7 Å². The standard InChI is InChI=1S/C32H43N5O12/c1-16(2)26(36(9)15-38)31(43)33-23-10-17(3)28(18(4)11-23)45-13-24-12-37(35-34-24)27-30(47-21(7)41)29(46-20(6)40)25(14-44-19(5)39)49-32(27)48-22(8)42/h10-12,15-16,25-27,29-30,32H,13-14H2,1-9H3,(H,33,43)/t25-,26+,27-,29-,30-,32?/m1/s1. The molecule has 3 rings (SSSR count). The first kappa shape index (κ1) is 38.4. The second kappa shape index (κ2) is 16.9. The van der Waals surface area contributed by atoms with E-state index in [1.54, 1.807) is 33.0 Å². The van der Waals surface area contributed by atoms with Gasteiger partial charge in [0.05, 0.1) is 6.20 Å². The van der Waals surface area contributed by atoms with Crippen LogP contribution >= 0.6 is 0 Å². The minimum absolute atomic E-state index is 0.0700. The normalized spacial score (nSPS) is 20.8. The first-order valence-electron chi connectivity index (χ1n) is 15.5. The molecule has 6 atom stereocenters. The monoisotopic (exact) mass is 689 g/mol. The first-order chi connectivity index (χ1) is 23.0. The molecule has 1 saturated heterocycles. The molecule has 0 saturated carbocycles. The maximum atomic E-state index is 13.0. The first-order valence-corrected chi connectivity index (χ1v) is 15.5. The van der Waals surface area contributed by atoms with Gasteiger partial charge in [-0.25, -0.2) is 4.68 Å². The number of likely N-dealkylation sites (N-methyl/N-ethyl adjacent to an activating group) is 1. The second-order valence-corrected chi connectivity index (χ2v) is 12.0. The minimum Gasteiger partial charge on any atom is -0.487 e. The lowest BCUT2D eigenvalue weighted by Gasteiger charge is -2.44. The number of ether oxygens (including phenoxy) is 6. The van der Waals surface area contributed by atoms with Crippen LogP contribution in [0.15, 0.2) is 18.3 Å². The van der Waals surface area contributed by atoms with Gasteiger partial charge in [0, 0.05) is 40.4 Å². The number of nitrogens with zero attached hydrogens (tertiary/aromatic N) is 4. The van der Waals surface area contributed by atoms with Crippen LogP contribution in [0.2, 0.25) is 0 Å². The number of anilines is 1. The topological polar surface area (TPSA) is 204 Å². The average molecular weight is 690 g/mol. The highest BCUT2D eigenvalue weighted by Gasteiger charge is 2.53. The molecule has 17 heteroatoms. The Labute approximate surface area is 283 Å². The zero-order valence-electron chi connectivity index (χ0n) is 29.0. The predicted octanol–water partition coefficient (Wildman–Crippen LogP) is 1.78. The second-order valence-electron chi connectivity index (χ2n) is 12.0. The third-order valence-corrected chi connectivity index (χ3v) is 7.41. The molecular weight excluding hydrogens is 646 g/mol. The van der Waals surface area contributed by atoms with E-state index < -0.39 is 67.2 Å². The fourth-order valence-electron chi connectivity index (χ4n) is 5.59. The molecule has 1 aromatic carbocycles. The molecular formula is C32H43N5O12. The summed E-state index contributed by atoms with van der Waals surface area (Å²) in [6, 6.07) is 1.63. The summed E-state index contributed by atoms with van der Waals surface area (Å²) in [5.74, 6) is -2.78. The van der Waals surface area contributed by atoms with Crippen LogP contribution in [0, 0.1) is 19.8 Å². The lowest BCUT2D eigenvalue weighted by molar-refractivity contribution is -0.280. The van der Waals surface area contributed by atoms with Crippen molar-refractivity contribution in [3.63, 3.8) is 0 Å². The smallest absolute Gasteiger partial charge is 0.305 e. The van der Waals surface area contributed by atoms with Crippen molar-refractivity contribution in [2.24, 2.45) is 5.92 Å². The molecule has 1 aromatic heterocycles.